The van der Waals surface area contributed by atoms with Crippen molar-refractivity contribution >= 4 is 52.7 Å². The van der Waals surface area contributed by atoms with Crippen LogP contribution in [0.3, 0.4) is 0 Å². The summed E-state index contributed by atoms with van der Waals surface area (Å²) in [6.07, 6.45) is 0.227. The molecule has 0 fully saturated rings. The molecule has 140 valence electrons. The van der Waals surface area contributed by atoms with Crippen LogP contribution in [-0.2, 0) is 19.1 Å². The largest absolute Gasteiger partial charge is 0.452 e. The zero-order valence-electron chi connectivity index (χ0n) is 14.3. The summed E-state index contributed by atoms with van der Waals surface area (Å²) in [5, 5.41) is 5.12. The monoisotopic (exact) mass is 405 g/mol. The highest BCUT2D eigenvalue weighted by molar-refractivity contribution is 8.01. The minimum atomic E-state index is -1.03. The number of aromatic nitrogens is 1. The number of rotatable bonds is 5. The molecule has 27 heavy (non-hydrogen) atoms. The third-order valence-electron chi connectivity index (χ3n) is 3.71. The van der Waals surface area contributed by atoms with Gasteiger partial charge in [0.25, 0.3) is 5.91 Å². The zero-order valence-corrected chi connectivity index (χ0v) is 15.8. The number of para-hydroxylation sites is 1. The third-order valence-corrected chi connectivity index (χ3v) is 5.21. The number of fused-ring (bicyclic) bond motifs is 1. The molecule has 0 aliphatic carbocycles. The Hall–Kier alpha value is -2.58. The van der Waals surface area contributed by atoms with Gasteiger partial charge in [-0.2, -0.15) is 0 Å². The Kier molecular flexibility index (Phi) is 5.98. The molecule has 1 aliphatic heterocycles. The molecule has 0 unspecified atom stereocenters. The van der Waals surface area contributed by atoms with Gasteiger partial charge in [-0.15, -0.1) is 11.8 Å². The fourth-order valence-electron chi connectivity index (χ4n) is 2.35. The van der Waals surface area contributed by atoms with Crippen LogP contribution in [0.15, 0.2) is 47.5 Å². The van der Waals surface area contributed by atoms with Crippen molar-refractivity contribution in [1.82, 2.24) is 4.98 Å². The number of benzene rings is 1. The Morgan fingerprint density at radius 2 is 2.11 bits per heavy atom. The highest BCUT2D eigenvalue weighted by Gasteiger charge is 2.30. The molecule has 1 aromatic heterocycles. The highest BCUT2D eigenvalue weighted by atomic mass is 35.5. The van der Waals surface area contributed by atoms with Crippen LogP contribution in [0.5, 0.6) is 0 Å². The van der Waals surface area contributed by atoms with E-state index in [9.17, 15) is 14.4 Å². The summed E-state index contributed by atoms with van der Waals surface area (Å²) in [6, 6.07) is 10.5. The van der Waals surface area contributed by atoms with E-state index in [0.29, 0.717) is 10.8 Å². The number of hydrogen-bond donors (Lipinski definition) is 2. The number of esters is 1. The standard InChI is InChI=1S/C18H16ClN3O4S/c1-10(17(24)22-15-7-6-11(19)9-20-15)26-16(23)8-14-18(25)21-12-4-2-3-5-13(12)27-14/h2-7,9-10,14H,8H2,1H3,(H,21,25)(H,20,22,24)/t10-,14-/m1/s1. The summed E-state index contributed by atoms with van der Waals surface area (Å²) in [5.41, 5.74) is 0.723. The maximum Gasteiger partial charge on any atom is 0.308 e. The van der Waals surface area contributed by atoms with Crippen molar-refractivity contribution in [3.05, 3.63) is 47.6 Å². The molecular weight excluding hydrogens is 390 g/mol. The van der Waals surface area contributed by atoms with Crippen molar-refractivity contribution < 1.29 is 19.1 Å². The highest BCUT2D eigenvalue weighted by Crippen LogP contribution is 2.36. The van der Waals surface area contributed by atoms with Gasteiger partial charge in [-0.25, -0.2) is 4.98 Å². The fourth-order valence-corrected chi connectivity index (χ4v) is 3.56. The lowest BCUT2D eigenvalue weighted by atomic mass is 10.2. The number of halogens is 1. The van der Waals surface area contributed by atoms with Crippen molar-refractivity contribution in [1.29, 1.82) is 0 Å². The van der Waals surface area contributed by atoms with Gasteiger partial charge in [0, 0.05) is 11.1 Å². The predicted molar refractivity (Wildman–Crippen MR) is 103 cm³/mol. The molecule has 9 heteroatoms. The van der Waals surface area contributed by atoms with Gasteiger partial charge in [0.1, 0.15) is 5.82 Å². The number of thioether (sulfide) groups is 1. The van der Waals surface area contributed by atoms with E-state index in [2.05, 4.69) is 15.6 Å². The minimum Gasteiger partial charge on any atom is -0.452 e. The van der Waals surface area contributed by atoms with Gasteiger partial charge in [0.15, 0.2) is 6.10 Å². The van der Waals surface area contributed by atoms with Crippen LogP contribution in [-0.4, -0.2) is 34.1 Å². The van der Waals surface area contributed by atoms with Gasteiger partial charge in [0.05, 0.1) is 22.4 Å². The van der Waals surface area contributed by atoms with E-state index in [1.807, 2.05) is 18.2 Å². The molecule has 0 spiro atoms. The Morgan fingerprint density at radius 1 is 1.33 bits per heavy atom. The number of ether oxygens (including phenoxy) is 1. The number of nitrogens with zero attached hydrogens (tertiary/aromatic N) is 1. The second-order valence-corrected chi connectivity index (χ2v) is 7.46. The van der Waals surface area contributed by atoms with Crippen LogP contribution in [0.4, 0.5) is 11.5 Å². The van der Waals surface area contributed by atoms with Crippen LogP contribution in [0, 0.1) is 0 Å². The second-order valence-electron chi connectivity index (χ2n) is 5.78. The van der Waals surface area contributed by atoms with Crippen LogP contribution in [0.25, 0.3) is 0 Å². The topological polar surface area (TPSA) is 97.4 Å². The average Bonchev–Trinajstić information content (AvgIpc) is 2.64. The molecule has 2 aromatic rings. The molecule has 1 aromatic carbocycles. The summed E-state index contributed by atoms with van der Waals surface area (Å²) >= 11 is 7.03. The van der Waals surface area contributed by atoms with Crippen molar-refractivity contribution in [2.45, 2.75) is 29.6 Å². The molecular formula is C18H16ClN3O4S. The fraction of sp³-hybridized carbons (Fsp3) is 0.222. The zero-order chi connectivity index (χ0) is 19.4. The van der Waals surface area contributed by atoms with Gasteiger partial charge in [-0.1, -0.05) is 23.7 Å². The minimum absolute atomic E-state index is 0.137. The number of pyridine rings is 1. The number of carbonyl (C=O) groups excluding carboxylic acids is 3. The van der Waals surface area contributed by atoms with Gasteiger partial charge >= 0.3 is 5.97 Å². The van der Waals surface area contributed by atoms with E-state index in [0.717, 1.165) is 10.6 Å². The van der Waals surface area contributed by atoms with Crippen molar-refractivity contribution in [2.75, 3.05) is 10.6 Å². The number of amides is 2. The number of hydrogen-bond acceptors (Lipinski definition) is 6. The van der Waals surface area contributed by atoms with E-state index in [1.54, 1.807) is 12.1 Å². The van der Waals surface area contributed by atoms with Crippen molar-refractivity contribution in [3.8, 4) is 0 Å². The van der Waals surface area contributed by atoms with Crippen LogP contribution in [0.1, 0.15) is 13.3 Å². The first-order chi connectivity index (χ1) is 12.9. The SMILES string of the molecule is C[C@@H](OC(=O)C[C@H]1Sc2ccccc2NC1=O)C(=O)Nc1ccc(Cl)cn1. The number of nitrogens with one attached hydrogen (secondary N) is 2. The average molecular weight is 406 g/mol. The molecule has 2 amide bonds. The summed E-state index contributed by atoms with van der Waals surface area (Å²) in [6.45, 7) is 1.45. The Morgan fingerprint density at radius 3 is 2.85 bits per heavy atom. The molecule has 0 saturated heterocycles. The van der Waals surface area contributed by atoms with Crippen LogP contribution < -0.4 is 10.6 Å². The Bertz CT molecular complexity index is 875. The molecule has 2 N–H and O–H groups in total. The van der Waals surface area contributed by atoms with Crippen LogP contribution in [0.2, 0.25) is 5.02 Å². The van der Waals surface area contributed by atoms with Gasteiger partial charge in [-0.05, 0) is 31.2 Å². The second kappa shape index (κ2) is 8.41. The lowest BCUT2D eigenvalue weighted by Gasteiger charge is -2.23. The van der Waals surface area contributed by atoms with Crippen molar-refractivity contribution in [2.24, 2.45) is 0 Å². The molecule has 0 bridgehead atoms. The molecule has 0 saturated carbocycles. The van der Waals surface area contributed by atoms with Gasteiger partial charge < -0.3 is 15.4 Å². The lowest BCUT2D eigenvalue weighted by molar-refractivity contribution is -0.153. The van der Waals surface area contributed by atoms with Gasteiger partial charge in [0.2, 0.25) is 5.91 Å². The molecule has 7 nitrogen and oxygen atoms in total. The third kappa shape index (κ3) is 4.99. The van der Waals surface area contributed by atoms with Crippen LogP contribution >= 0.6 is 23.4 Å². The lowest BCUT2D eigenvalue weighted by Crippen LogP contribution is -2.34. The number of carbonyl (C=O) groups is 3. The van der Waals surface area contributed by atoms with E-state index in [4.69, 9.17) is 16.3 Å². The first kappa shape index (κ1) is 19.2. The van der Waals surface area contributed by atoms with E-state index in [1.165, 1.54) is 30.9 Å². The molecule has 2 atom stereocenters. The van der Waals surface area contributed by atoms with E-state index >= 15 is 0 Å². The first-order valence-electron chi connectivity index (χ1n) is 8.11. The normalized spacial score (nSPS) is 16.7. The molecule has 3 rings (SSSR count). The summed E-state index contributed by atoms with van der Waals surface area (Å²) in [5.74, 6) is -1.12. The van der Waals surface area contributed by atoms with Gasteiger partial charge in [-0.3, -0.25) is 14.4 Å². The Balaban J connectivity index is 1.53. The first-order valence-corrected chi connectivity index (χ1v) is 9.36. The summed E-state index contributed by atoms with van der Waals surface area (Å²) in [7, 11) is 0. The molecule has 0 radical (unpaired) electrons. The maximum atomic E-state index is 12.2. The van der Waals surface area contributed by atoms with Crippen molar-refractivity contribution in [3.63, 3.8) is 0 Å². The summed E-state index contributed by atoms with van der Waals surface area (Å²) < 4.78 is 5.15. The van der Waals surface area contributed by atoms with E-state index < -0.39 is 23.2 Å². The Labute approximate surface area is 164 Å². The molecule has 1 aliphatic rings. The predicted octanol–water partition coefficient (Wildman–Crippen LogP) is 3.11. The summed E-state index contributed by atoms with van der Waals surface area (Å²) in [4.78, 5) is 41.2. The maximum absolute atomic E-state index is 12.2. The smallest absolute Gasteiger partial charge is 0.308 e. The van der Waals surface area contributed by atoms with E-state index in [-0.39, 0.29) is 12.3 Å². The quantitative estimate of drug-likeness (QED) is 0.742. The number of anilines is 2. The molecule has 2 heterocycles.